The summed E-state index contributed by atoms with van der Waals surface area (Å²) in [5.41, 5.74) is 0. The molecular weight excluding hydrogens is 1400 g/mol. The van der Waals surface area contributed by atoms with Crippen LogP contribution >= 0.6 is 7.82 Å². The first-order valence-electron chi connectivity index (χ1n) is 41.1. The van der Waals surface area contributed by atoms with Crippen LogP contribution in [0.15, 0.2) is 60.7 Å². The summed E-state index contributed by atoms with van der Waals surface area (Å²) in [7, 11) is -5.06. The Kier molecular flexibility index (Phi) is 50.7. The third-order valence-corrected chi connectivity index (χ3v) is 21.0. The molecule has 4 rings (SSSR count). The topological polar surface area (TPSA) is 317 Å². The van der Waals surface area contributed by atoms with Gasteiger partial charge in [0.15, 0.2) is 24.8 Å². The van der Waals surface area contributed by atoms with E-state index >= 15 is 8.96 Å². The zero-order valence-corrected chi connectivity index (χ0v) is 66.3. The van der Waals surface area contributed by atoms with Gasteiger partial charge in [0.05, 0.1) is 38.1 Å². The van der Waals surface area contributed by atoms with Crippen LogP contribution in [0.25, 0.3) is 0 Å². The van der Waals surface area contributed by atoms with Crippen LogP contribution in [0.1, 0.15) is 311 Å². The molecule has 13 atom stereocenters. The number of hydrogen-bond donors (Lipinski definition) is 6. The number of amides is 2. The van der Waals surface area contributed by atoms with Gasteiger partial charge in [0.2, 0.25) is 11.8 Å². The van der Waals surface area contributed by atoms with E-state index < -0.39 is 162 Å². The number of carbonyl (C=O) groups is 6. The third kappa shape index (κ3) is 41.5. The van der Waals surface area contributed by atoms with Gasteiger partial charge in [-0.15, -0.1) is 0 Å². The fraction of sp³-hybridized carbons (Fsp3) is 0.780. The number of aliphatic carboxylic acids is 1. The molecule has 0 bridgehead atoms. The first-order valence-corrected chi connectivity index (χ1v) is 42.6. The smallest absolute Gasteiger partial charge is 0.480 e. The molecule has 6 N–H and O–H groups in total. The molecule has 612 valence electrons. The predicted molar refractivity (Wildman–Crippen MR) is 408 cm³/mol. The molecule has 0 saturated carbocycles. The van der Waals surface area contributed by atoms with Gasteiger partial charge in [0.1, 0.15) is 67.4 Å². The highest BCUT2D eigenvalue weighted by molar-refractivity contribution is 7.49. The number of para-hydroxylation sites is 2. The summed E-state index contributed by atoms with van der Waals surface area (Å²) in [5.74, 6) is -5.55. The number of halogens is 1. The number of benzene rings is 2. The van der Waals surface area contributed by atoms with Gasteiger partial charge >= 0.3 is 31.7 Å². The van der Waals surface area contributed by atoms with E-state index in [2.05, 4.69) is 38.3 Å². The number of carbonyl (C=O) groups excluding carboxylic acids is 5. The number of aliphatic hydroxyl groups is 3. The average Bonchev–Trinajstić information content (AvgIpc) is 0.773. The van der Waals surface area contributed by atoms with Gasteiger partial charge in [-0.1, -0.05) is 282 Å². The highest BCUT2D eigenvalue weighted by Crippen LogP contribution is 2.53. The van der Waals surface area contributed by atoms with E-state index in [-0.39, 0.29) is 37.2 Å². The minimum Gasteiger partial charge on any atom is -0.480 e. The lowest BCUT2D eigenvalue weighted by molar-refractivity contribution is -0.302. The van der Waals surface area contributed by atoms with Crippen LogP contribution < -0.4 is 19.7 Å². The Hall–Kier alpha value is -5.30. The maximum absolute atomic E-state index is 16.2. The minimum absolute atomic E-state index is 0.00770. The van der Waals surface area contributed by atoms with Gasteiger partial charge in [-0.3, -0.25) is 28.5 Å². The molecule has 0 spiro atoms. The number of carboxylic acid groups (broad SMARTS) is 1. The summed E-state index contributed by atoms with van der Waals surface area (Å²) >= 11 is 0. The zero-order valence-electron chi connectivity index (χ0n) is 65.4. The number of aliphatic hydroxyl groups excluding tert-OH is 3. The first-order chi connectivity index (χ1) is 51.8. The molecule has 0 radical (unpaired) electrons. The quantitative estimate of drug-likeness (QED) is 0.0155. The molecule has 2 fully saturated rings. The Balaban J connectivity index is 1.72. The van der Waals surface area contributed by atoms with Crippen LogP contribution in [0.3, 0.4) is 0 Å². The molecule has 23 nitrogen and oxygen atoms in total. The van der Waals surface area contributed by atoms with Gasteiger partial charge in [0.25, 0.3) is 0 Å². The van der Waals surface area contributed by atoms with Crippen molar-refractivity contribution in [2.24, 2.45) is 0 Å². The van der Waals surface area contributed by atoms with Crippen LogP contribution in [0, 0.1) is 0 Å². The minimum atomic E-state index is -5.06. The molecule has 2 aromatic carbocycles. The standard InChI is InChI=1S/C82H136FN2O21P/c1-6-10-14-18-22-26-30-34-40-48-63(87)56-70(89)85-75-79(102-73(93)57-64(88)49-41-35-31-27-23-19-15-11-7-2)77(95)69(101-81(75)98-61-71(90)91)60-97-82-76(84-62(5)86)80(78(68(59-83)100-82)106-107(96,104-65-50-43-38-44-51-65)105-66-52-45-39-46-53-66)103-74(94)58-67(54-42-36-32-28-24-20-16-12-8-3)99-72(92)55-47-37-33-29-25-21-17-13-9-4/h38-39,43-46,50-53,63-64,67-69,75-82,87-88,95H,6-37,40-42,47-49,54-61H2,1-5H3,(H,84,86)(H,85,89)(H,90,91)/t63-,64-,67-,68-,69-,75-,76-,77-,78+,79-,80-,81+,82-/m1/s1. The Morgan fingerprint density at radius 3 is 1.35 bits per heavy atom. The lowest BCUT2D eigenvalue weighted by atomic mass is 9.95. The number of carboxylic acids is 1. The average molecular weight is 1540 g/mol. The number of esters is 3. The zero-order chi connectivity index (χ0) is 77.7. The lowest BCUT2D eigenvalue weighted by Gasteiger charge is -2.47. The second kappa shape index (κ2) is 57.7. The lowest BCUT2D eigenvalue weighted by Crippen LogP contribution is -2.68. The van der Waals surface area contributed by atoms with E-state index in [1.165, 1.54) is 82.1 Å². The molecular formula is C82H136FN2O21P. The summed E-state index contributed by atoms with van der Waals surface area (Å²) in [6.45, 7) is 6.47. The van der Waals surface area contributed by atoms with Gasteiger partial charge in [0, 0.05) is 13.3 Å². The number of unbranched alkanes of at least 4 members (excludes halogenated alkanes) is 32. The highest BCUT2D eigenvalue weighted by atomic mass is 31.2. The second-order valence-corrected chi connectivity index (χ2v) is 30.8. The molecule has 0 aliphatic carbocycles. The molecule has 2 heterocycles. The SMILES string of the molecule is CCCCCCCCCCCC(=O)O[C@H](CCCCCCCCCCC)CC(=O)O[C@@H]1[C@@H](NC(C)=O)[C@H](OC[C@H]2O[C@H](OCC(=O)O)[C@H](NC(=O)C[C@H](O)CCCCCCCCCCC)[C@@H](OC(=O)C[C@H](O)CCCCCCCCCCC)[C@@H]2O)O[C@H](CF)[C@@H]1OP(=O)(Oc1ccccc1)Oc1ccccc1. The number of rotatable bonds is 64. The largest absolute Gasteiger partial charge is 0.588 e. The van der Waals surface area contributed by atoms with Crippen LogP contribution in [0.5, 0.6) is 11.5 Å². The molecule has 2 amide bonds. The summed E-state index contributed by atoms with van der Waals surface area (Å²) in [6, 6.07) is 12.2. The number of alkyl halides is 1. The van der Waals surface area contributed by atoms with E-state index in [1.54, 1.807) is 36.4 Å². The Bertz CT molecular complexity index is 2680. The van der Waals surface area contributed by atoms with E-state index in [9.17, 15) is 49.2 Å². The molecule has 25 heteroatoms. The maximum atomic E-state index is 16.2. The van der Waals surface area contributed by atoms with Crippen LogP contribution in [-0.4, -0.2) is 156 Å². The van der Waals surface area contributed by atoms with Crippen molar-refractivity contribution in [3.8, 4) is 11.5 Å². The molecule has 2 aliphatic heterocycles. The van der Waals surface area contributed by atoms with E-state index in [0.29, 0.717) is 25.7 Å². The predicted octanol–water partition coefficient (Wildman–Crippen LogP) is 16.8. The molecule has 0 unspecified atom stereocenters. The summed E-state index contributed by atoms with van der Waals surface area (Å²) in [4.78, 5) is 82.5. The van der Waals surface area contributed by atoms with Crippen molar-refractivity contribution in [3.63, 3.8) is 0 Å². The van der Waals surface area contributed by atoms with Crippen molar-refractivity contribution >= 4 is 43.5 Å². The number of phosphoric acid groups is 1. The fourth-order valence-electron chi connectivity index (χ4n) is 13.6. The Labute approximate surface area is 638 Å². The van der Waals surface area contributed by atoms with Gasteiger partial charge in [-0.05, 0) is 56.4 Å². The van der Waals surface area contributed by atoms with Crippen molar-refractivity contribution in [2.45, 2.75) is 390 Å². The molecule has 2 saturated heterocycles. The maximum Gasteiger partial charge on any atom is 0.588 e. The number of hydrogen-bond acceptors (Lipinski definition) is 20. The van der Waals surface area contributed by atoms with Crippen molar-refractivity contribution in [1.82, 2.24) is 10.6 Å². The van der Waals surface area contributed by atoms with E-state index in [0.717, 1.165) is 155 Å². The van der Waals surface area contributed by atoms with Crippen LogP contribution in [0.4, 0.5) is 4.39 Å². The van der Waals surface area contributed by atoms with Crippen molar-refractivity contribution in [1.29, 1.82) is 0 Å². The monoisotopic (exact) mass is 1530 g/mol. The molecule has 0 aromatic heterocycles. The van der Waals surface area contributed by atoms with Crippen molar-refractivity contribution in [3.05, 3.63) is 60.7 Å². The first kappa shape index (κ1) is 94.1. The Morgan fingerprint density at radius 2 is 0.888 bits per heavy atom. The number of nitrogens with one attached hydrogen (secondary N) is 2. The molecule has 2 aliphatic rings. The van der Waals surface area contributed by atoms with Gasteiger partial charge < -0.3 is 73.3 Å². The van der Waals surface area contributed by atoms with Gasteiger partial charge in [-0.25, -0.2) is 13.8 Å². The molecule has 107 heavy (non-hydrogen) atoms. The van der Waals surface area contributed by atoms with Gasteiger partial charge in [-0.2, -0.15) is 0 Å². The normalized spacial score (nSPS) is 21.0. The highest BCUT2D eigenvalue weighted by Gasteiger charge is 2.55. The fourth-order valence-corrected chi connectivity index (χ4v) is 15.1. The third-order valence-electron chi connectivity index (χ3n) is 19.6. The summed E-state index contributed by atoms with van der Waals surface area (Å²) in [5, 5.41) is 50.0. The number of phosphoric ester groups is 1. The summed E-state index contributed by atoms with van der Waals surface area (Å²) < 4.78 is 92.9. The summed E-state index contributed by atoms with van der Waals surface area (Å²) in [6.07, 6.45) is 18.0. The Morgan fingerprint density at radius 1 is 0.486 bits per heavy atom. The number of ether oxygens (including phenoxy) is 7. The van der Waals surface area contributed by atoms with Crippen molar-refractivity contribution < 1.29 is 105 Å². The molecule has 2 aromatic rings. The van der Waals surface area contributed by atoms with E-state index in [4.69, 9.17) is 46.7 Å². The van der Waals surface area contributed by atoms with Crippen molar-refractivity contribution in [2.75, 3.05) is 19.9 Å². The van der Waals surface area contributed by atoms with Crippen LogP contribution in [0.2, 0.25) is 0 Å². The second-order valence-electron chi connectivity index (χ2n) is 29.3. The van der Waals surface area contributed by atoms with E-state index in [1.807, 2.05) is 0 Å². The van der Waals surface area contributed by atoms with Crippen LogP contribution in [-0.2, 0) is 71.0 Å².